The Morgan fingerprint density at radius 1 is 0.516 bits per heavy atom. The van der Waals surface area contributed by atoms with Gasteiger partial charge in [-0.05, 0) is 72.8 Å². The average Bonchev–Trinajstić information content (AvgIpc) is 2.79. The van der Waals surface area contributed by atoms with Crippen molar-refractivity contribution in [3.05, 3.63) is 131 Å². The van der Waals surface area contributed by atoms with Gasteiger partial charge in [0.15, 0.2) is 11.6 Å². The summed E-state index contributed by atoms with van der Waals surface area (Å²) in [5, 5.41) is 0. The number of hydrogen-bond donors (Lipinski definition) is 0. The van der Waals surface area contributed by atoms with Crippen molar-refractivity contribution in [2.75, 3.05) is 0 Å². The van der Waals surface area contributed by atoms with Crippen molar-refractivity contribution in [1.29, 1.82) is 0 Å². The van der Waals surface area contributed by atoms with Crippen LogP contribution in [0.5, 0.6) is 11.5 Å². The molecule has 0 saturated carbocycles. The van der Waals surface area contributed by atoms with Crippen LogP contribution < -0.4 is 4.74 Å². The van der Waals surface area contributed by atoms with Gasteiger partial charge in [-0.2, -0.15) is 0 Å². The second kappa shape index (κ2) is 8.71. The van der Waals surface area contributed by atoms with Gasteiger partial charge in [0, 0.05) is 22.3 Å². The topological polar surface area (TPSA) is 43.4 Å². The molecule has 0 unspecified atom stereocenters. The Kier molecular flexibility index (Phi) is 5.67. The highest BCUT2D eigenvalue weighted by Crippen LogP contribution is 2.25. The number of ketones is 2. The van der Waals surface area contributed by atoms with E-state index in [1.54, 1.807) is 48.5 Å². The fourth-order valence-electron chi connectivity index (χ4n) is 3.07. The number of rotatable bonds is 6. The largest absolute Gasteiger partial charge is 0.457 e. The zero-order valence-corrected chi connectivity index (χ0v) is 16.2. The minimum atomic E-state index is -0.413. The van der Waals surface area contributed by atoms with E-state index >= 15 is 0 Å². The SMILES string of the molecule is O=C(c1ccc(F)cc1)c1cccc(Oc2cccc(C(=O)c3ccc(F)cc3)c2)c1. The molecule has 0 spiro atoms. The van der Waals surface area contributed by atoms with E-state index in [1.807, 2.05) is 0 Å². The van der Waals surface area contributed by atoms with Gasteiger partial charge in [0.05, 0.1) is 0 Å². The third-order valence-corrected chi connectivity index (χ3v) is 4.64. The van der Waals surface area contributed by atoms with Crippen LogP contribution in [0.1, 0.15) is 31.8 Å². The van der Waals surface area contributed by atoms with E-state index in [9.17, 15) is 18.4 Å². The molecule has 4 rings (SSSR count). The lowest BCUT2D eigenvalue weighted by atomic mass is 10.0. The van der Waals surface area contributed by atoms with Gasteiger partial charge in [-0.25, -0.2) is 8.78 Å². The second-order valence-electron chi connectivity index (χ2n) is 6.83. The molecule has 0 amide bonds. The van der Waals surface area contributed by atoms with E-state index < -0.39 is 11.6 Å². The van der Waals surface area contributed by atoms with E-state index in [4.69, 9.17) is 4.74 Å². The fraction of sp³-hybridized carbons (Fsp3) is 0. The zero-order valence-electron chi connectivity index (χ0n) is 16.2. The molecule has 0 radical (unpaired) electrons. The van der Waals surface area contributed by atoms with Gasteiger partial charge in [0.2, 0.25) is 0 Å². The van der Waals surface area contributed by atoms with E-state index in [-0.39, 0.29) is 11.6 Å². The Morgan fingerprint density at radius 3 is 1.29 bits per heavy atom. The molecule has 0 aliphatic carbocycles. The van der Waals surface area contributed by atoms with Crippen LogP contribution >= 0.6 is 0 Å². The van der Waals surface area contributed by atoms with E-state index in [0.717, 1.165) is 0 Å². The summed E-state index contributed by atoms with van der Waals surface area (Å²) in [6.07, 6.45) is 0. The van der Waals surface area contributed by atoms with Gasteiger partial charge < -0.3 is 4.74 Å². The molecule has 31 heavy (non-hydrogen) atoms. The molecule has 0 bridgehead atoms. The van der Waals surface area contributed by atoms with Crippen LogP contribution in [0, 0.1) is 11.6 Å². The van der Waals surface area contributed by atoms with Crippen molar-refractivity contribution >= 4 is 11.6 Å². The molecule has 0 saturated heterocycles. The molecule has 3 nitrogen and oxygen atoms in total. The molecule has 4 aromatic carbocycles. The molecule has 4 aromatic rings. The summed E-state index contributed by atoms with van der Waals surface area (Å²) in [7, 11) is 0. The Hall–Kier alpha value is -4.12. The van der Waals surface area contributed by atoms with Gasteiger partial charge in [0.25, 0.3) is 0 Å². The Morgan fingerprint density at radius 2 is 0.903 bits per heavy atom. The van der Waals surface area contributed by atoms with Crippen molar-refractivity contribution < 1.29 is 23.1 Å². The summed E-state index contributed by atoms with van der Waals surface area (Å²) >= 11 is 0. The smallest absolute Gasteiger partial charge is 0.193 e. The average molecular weight is 414 g/mol. The third-order valence-electron chi connectivity index (χ3n) is 4.64. The van der Waals surface area contributed by atoms with Crippen molar-refractivity contribution in [3.63, 3.8) is 0 Å². The summed E-state index contributed by atoms with van der Waals surface area (Å²) in [5.74, 6) is -0.512. The molecule has 0 aliphatic rings. The zero-order chi connectivity index (χ0) is 21.8. The first-order valence-electron chi connectivity index (χ1n) is 9.48. The summed E-state index contributed by atoms with van der Waals surface area (Å²) in [6, 6.07) is 23.8. The van der Waals surface area contributed by atoms with Crippen molar-refractivity contribution in [2.24, 2.45) is 0 Å². The predicted octanol–water partition coefficient (Wildman–Crippen LogP) is 6.22. The Labute approximate surface area is 177 Å². The number of halogens is 2. The van der Waals surface area contributed by atoms with Crippen LogP contribution in [0.15, 0.2) is 97.1 Å². The predicted molar refractivity (Wildman–Crippen MR) is 113 cm³/mol. The third kappa shape index (κ3) is 4.73. The number of carbonyl (C=O) groups is 2. The van der Waals surface area contributed by atoms with Gasteiger partial charge in [-0.3, -0.25) is 9.59 Å². The standard InChI is InChI=1S/C26H16F2O3/c27-21-11-7-17(8-12-21)25(29)19-3-1-5-23(15-19)31-24-6-2-4-20(16-24)26(30)18-9-13-22(28)14-10-18/h1-16H. The Bertz CT molecular complexity index is 1150. The van der Waals surface area contributed by atoms with Gasteiger partial charge >= 0.3 is 0 Å². The minimum Gasteiger partial charge on any atom is -0.457 e. The lowest BCUT2D eigenvalue weighted by Crippen LogP contribution is -2.02. The van der Waals surface area contributed by atoms with Crippen LogP contribution in [0.25, 0.3) is 0 Å². The van der Waals surface area contributed by atoms with Gasteiger partial charge in [-0.1, -0.05) is 24.3 Å². The van der Waals surface area contributed by atoms with Crippen LogP contribution in [-0.2, 0) is 0 Å². The summed E-state index contributed by atoms with van der Waals surface area (Å²) in [6.45, 7) is 0. The molecular weight excluding hydrogens is 398 g/mol. The lowest BCUT2D eigenvalue weighted by molar-refractivity contribution is 0.103. The minimum absolute atomic E-state index is 0.259. The lowest BCUT2D eigenvalue weighted by Gasteiger charge is -2.09. The maximum absolute atomic E-state index is 13.1. The highest BCUT2D eigenvalue weighted by Gasteiger charge is 2.12. The molecule has 0 aromatic heterocycles. The highest BCUT2D eigenvalue weighted by molar-refractivity contribution is 6.09. The molecule has 0 aliphatic heterocycles. The summed E-state index contributed by atoms with van der Waals surface area (Å²) in [5.41, 5.74) is 1.51. The first kappa shape index (κ1) is 20.2. The molecule has 0 fully saturated rings. The van der Waals surface area contributed by atoms with Crippen molar-refractivity contribution in [1.82, 2.24) is 0 Å². The van der Waals surface area contributed by atoms with E-state index in [2.05, 4.69) is 0 Å². The van der Waals surface area contributed by atoms with Gasteiger partial charge in [-0.15, -0.1) is 0 Å². The fourth-order valence-corrected chi connectivity index (χ4v) is 3.07. The van der Waals surface area contributed by atoms with Crippen molar-refractivity contribution in [2.45, 2.75) is 0 Å². The first-order chi connectivity index (χ1) is 15.0. The normalized spacial score (nSPS) is 10.5. The maximum Gasteiger partial charge on any atom is 0.193 e. The van der Waals surface area contributed by atoms with Crippen molar-refractivity contribution in [3.8, 4) is 11.5 Å². The van der Waals surface area contributed by atoms with E-state index in [1.165, 1.54) is 48.5 Å². The van der Waals surface area contributed by atoms with Crippen LogP contribution in [0.4, 0.5) is 8.78 Å². The molecule has 5 heteroatoms. The van der Waals surface area contributed by atoms with Crippen LogP contribution in [0.3, 0.4) is 0 Å². The maximum atomic E-state index is 13.1. The molecular formula is C26H16F2O3. The molecule has 0 atom stereocenters. The molecule has 0 N–H and O–H groups in total. The number of carbonyl (C=O) groups excluding carboxylic acids is 2. The Balaban J connectivity index is 1.54. The monoisotopic (exact) mass is 414 g/mol. The van der Waals surface area contributed by atoms with Crippen LogP contribution in [0.2, 0.25) is 0 Å². The van der Waals surface area contributed by atoms with Crippen LogP contribution in [-0.4, -0.2) is 11.6 Å². The molecule has 152 valence electrons. The number of benzene rings is 4. The van der Waals surface area contributed by atoms with Gasteiger partial charge in [0.1, 0.15) is 23.1 Å². The summed E-state index contributed by atoms with van der Waals surface area (Å²) in [4.78, 5) is 25.3. The highest BCUT2D eigenvalue weighted by atomic mass is 19.1. The first-order valence-corrected chi connectivity index (χ1v) is 9.48. The number of ether oxygens (including phenoxy) is 1. The summed E-state index contributed by atoms with van der Waals surface area (Å²) < 4.78 is 32.1. The van der Waals surface area contributed by atoms with E-state index in [0.29, 0.717) is 33.8 Å². The number of hydrogen-bond acceptors (Lipinski definition) is 3. The quantitative estimate of drug-likeness (QED) is 0.352. The second-order valence-corrected chi connectivity index (χ2v) is 6.83. The molecule has 0 heterocycles.